The van der Waals surface area contributed by atoms with Gasteiger partial charge < -0.3 is 4.74 Å². The minimum absolute atomic E-state index is 0.331. The van der Waals surface area contributed by atoms with Gasteiger partial charge in [-0.2, -0.15) is 0 Å². The molecule has 21 heavy (non-hydrogen) atoms. The van der Waals surface area contributed by atoms with E-state index < -0.39 is 5.97 Å². The van der Waals surface area contributed by atoms with Crippen LogP contribution in [0.3, 0.4) is 0 Å². The maximum absolute atomic E-state index is 11.7. The first-order valence-corrected chi connectivity index (χ1v) is 6.54. The van der Waals surface area contributed by atoms with Gasteiger partial charge in [-0.1, -0.05) is 11.6 Å². The topological polar surface area (TPSA) is 69.4 Å². The molecule has 3 rings (SSSR count). The Morgan fingerprint density at radius 2 is 2.19 bits per heavy atom. The zero-order chi connectivity index (χ0) is 15.0. The zero-order valence-electron chi connectivity index (χ0n) is 11.4. The molecule has 0 saturated carbocycles. The van der Waals surface area contributed by atoms with Gasteiger partial charge in [-0.15, -0.1) is 10.2 Å². The van der Waals surface area contributed by atoms with Crippen molar-refractivity contribution in [1.29, 1.82) is 0 Å². The predicted molar refractivity (Wildman–Crippen MR) is 77.3 cm³/mol. The molecule has 3 heterocycles. The van der Waals surface area contributed by atoms with Gasteiger partial charge in [0.2, 0.25) is 0 Å². The van der Waals surface area contributed by atoms with Gasteiger partial charge in [0.05, 0.1) is 17.7 Å². The molecule has 3 aromatic heterocycles. The number of hydrogen-bond donors (Lipinski definition) is 0. The fraction of sp³-hybridized carbons (Fsp3) is 0.143. The van der Waals surface area contributed by atoms with E-state index in [0.717, 1.165) is 11.3 Å². The van der Waals surface area contributed by atoms with Gasteiger partial charge in [0.1, 0.15) is 0 Å². The molecule has 0 spiro atoms. The monoisotopic (exact) mass is 302 g/mol. The minimum Gasteiger partial charge on any atom is -0.465 e. The number of aromatic nitrogens is 4. The number of hydrogen-bond acceptors (Lipinski definition) is 5. The lowest BCUT2D eigenvalue weighted by molar-refractivity contribution is 0.0600. The standard InChI is InChI=1S/C14H11ClN4O2/c1-8-10(4-3-5-16-8)12-17-18-13-11(15)6-9(7-19(12)13)14(20)21-2/h3-7H,1-2H3. The number of fused-ring (bicyclic) bond motifs is 1. The fourth-order valence-corrected chi connectivity index (χ4v) is 2.33. The van der Waals surface area contributed by atoms with Crippen LogP contribution in [0.15, 0.2) is 30.6 Å². The van der Waals surface area contributed by atoms with Crippen molar-refractivity contribution in [1.82, 2.24) is 19.6 Å². The summed E-state index contributed by atoms with van der Waals surface area (Å²) in [7, 11) is 1.32. The molecule has 0 saturated heterocycles. The Bertz CT molecular complexity index is 844. The van der Waals surface area contributed by atoms with Crippen LogP contribution in [-0.4, -0.2) is 32.7 Å². The number of nitrogens with zero attached hydrogens (tertiary/aromatic N) is 4. The van der Waals surface area contributed by atoms with E-state index in [1.54, 1.807) is 16.8 Å². The average Bonchev–Trinajstić information content (AvgIpc) is 2.91. The normalized spacial score (nSPS) is 10.8. The van der Waals surface area contributed by atoms with Crippen LogP contribution in [0.1, 0.15) is 16.1 Å². The summed E-state index contributed by atoms with van der Waals surface area (Å²) in [4.78, 5) is 15.9. The SMILES string of the molecule is COC(=O)c1cc(Cl)c2nnc(-c3cccnc3C)n2c1. The van der Waals surface area contributed by atoms with Crippen LogP contribution in [0, 0.1) is 6.92 Å². The van der Waals surface area contributed by atoms with Crippen molar-refractivity contribution in [2.75, 3.05) is 7.11 Å². The number of carbonyl (C=O) groups is 1. The first-order chi connectivity index (χ1) is 10.1. The molecule has 106 valence electrons. The second-order valence-corrected chi connectivity index (χ2v) is 4.83. The van der Waals surface area contributed by atoms with Crippen molar-refractivity contribution >= 4 is 23.2 Å². The zero-order valence-corrected chi connectivity index (χ0v) is 12.1. The Balaban J connectivity index is 2.28. The number of rotatable bonds is 2. The molecule has 0 amide bonds. The van der Waals surface area contributed by atoms with E-state index in [0.29, 0.717) is 22.1 Å². The molecule has 0 aliphatic heterocycles. The summed E-state index contributed by atoms with van der Waals surface area (Å²) in [6, 6.07) is 5.21. The molecule has 6 nitrogen and oxygen atoms in total. The second-order valence-electron chi connectivity index (χ2n) is 4.42. The maximum Gasteiger partial charge on any atom is 0.339 e. The summed E-state index contributed by atoms with van der Waals surface area (Å²) in [5.41, 5.74) is 2.44. The Morgan fingerprint density at radius 1 is 1.38 bits per heavy atom. The summed E-state index contributed by atoms with van der Waals surface area (Å²) < 4.78 is 6.39. The number of halogens is 1. The van der Waals surface area contributed by atoms with Crippen LogP contribution in [0.2, 0.25) is 5.02 Å². The first-order valence-electron chi connectivity index (χ1n) is 6.16. The van der Waals surface area contributed by atoms with Gasteiger partial charge >= 0.3 is 5.97 Å². The molecule has 0 atom stereocenters. The van der Waals surface area contributed by atoms with E-state index in [1.165, 1.54) is 13.2 Å². The van der Waals surface area contributed by atoms with E-state index in [-0.39, 0.29) is 0 Å². The predicted octanol–water partition coefficient (Wildman–Crippen LogP) is 2.54. The lowest BCUT2D eigenvalue weighted by atomic mass is 10.2. The van der Waals surface area contributed by atoms with E-state index in [9.17, 15) is 4.79 Å². The maximum atomic E-state index is 11.7. The van der Waals surface area contributed by atoms with Crippen molar-refractivity contribution in [2.24, 2.45) is 0 Å². The summed E-state index contributed by atoms with van der Waals surface area (Å²) in [5, 5.41) is 8.54. The molecular weight excluding hydrogens is 292 g/mol. The van der Waals surface area contributed by atoms with Gasteiger partial charge in [0.25, 0.3) is 0 Å². The first kappa shape index (κ1) is 13.5. The lowest BCUT2D eigenvalue weighted by Gasteiger charge is -2.05. The molecule has 7 heteroatoms. The van der Waals surface area contributed by atoms with Gasteiger partial charge in [-0.3, -0.25) is 9.38 Å². The van der Waals surface area contributed by atoms with Gasteiger partial charge in [-0.05, 0) is 25.1 Å². The third kappa shape index (κ3) is 2.23. The average molecular weight is 303 g/mol. The smallest absolute Gasteiger partial charge is 0.339 e. The number of carbonyl (C=O) groups excluding carboxylic acids is 1. The number of methoxy groups -OCH3 is 1. The highest BCUT2D eigenvalue weighted by atomic mass is 35.5. The van der Waals surface area contributed by atoms with Crippen LogP contribution in [0.5, 0.6) is 0 Å². The quantitative estimate of drug-likeness (QED) is 0.680. The van der Waals surface area contributed by atoms with Crippen molar-refractivity contribution in [3.63, 3.8) is 0 Å². The fourth-order valence-electron chi connectivity index (χ4n) is 2.09. The molecule has 0 N–H and O–H groups in total. The summed E-state index contributed by atoms with van der Waals surface area (Å²) in [5.74, 6) is 0.101. The Kier molecular flexibility index (Phi) is 3.31. The lowest BCUT2D eigenvalue weighted by Crippen LogP contribution is -2.04. The van der Waals surface area contributed by atoms with E-state index in [2.05, 4.69) is 15.2 Å². The number of aryl methyl sites for hydroxylation is 1. The second kappa shape index (κ2) is 5.14. The molecule has 0 bridgehead atoms. The molecule has 0 aliphatic carbocycles. The number of esters is 1. The van der Waals surface area contributed by atoms with Crippen LogP contribution >= 0.6 is 11.6 Å². The Hall–Kier alpha value is -2.47. The molecule has 0 radical (unpaired) electrons. The minimum atomic E-state index is -0.471. The Morgan fingerprint density at radius 3 is 2.90 bits per heavy atom. The molecule has 0 unspecified atom stereocenters. The van der Waals surface area contributed by atoms with Crippen molar-refractivity contribution < 1.29 is 9.53 Å². The van der Waals surface area contributed by atoms with Gasteiger partial charge in [-0.25, -0.2) is 4.79 Å². The van der Waals surface area contributed by atoms with Gasteiger partial charge in [0, 0.05) is 23.7 Å². The molecule has 0 aliphatic rings. The largest absolute Gasteiger partial charge is 0.465 e. The highest BCUT2D eigenvalue weighted by Gasteiger charge is 2.16. The summed E-state index contributed by atoms with van der Waals surface area (Å²) in [6.45, 7) is 1.88. The van der Waals surface area contributed by atoms with Crippen molar-refractivity contribution in [2.45, 2.75) is 6.92 Å². The summed E-state index contributed by atoms with van der Waals surface area (Å²) in [6.07, 6.45) is 3.31. The highest BCUT2D eigenvalue weighted by molar-refractivity contribution is 6.33. The molecule has 0 fully saturated rings. The third-order valence-corrected chi connectivity index (χ3v) is 3.41. The Labute approximate surface area is 125 Å². The third-order valence-electron chi connectivity index (χ3n) is 3.13. The van der Waals surface area contributed by atoms with Crippen molar-refractivity contribution in [3.8, 4) is 11.4 Å². The van der Waals surface area contributed by atoms with Gasteiger partial charge in [0.15, 0.2) is 11.5 Å². The van der Waals surface area contributed by atoms with E-state index in [4.69, 9.17) is 16.3 Å². The number of pyridine rings is 2. The van der Waals surface area contributed by atoms with E-state index >= 15 is 0 Å². The molecule has 0 aromatic carbocycles. The highest BCUT2D eigenvalue weighted by Crippen LogP contribution is 2.25. The summed E-state index contributed by atoms with van der Waals surface area (Å²) >= 11 is 6.16. The number of ether oxygens (including phenoxy) is 1. The van der Waals surface area contributed by atoms with Crippen LogP contribution < -0.4 is 0 Å². The molecule has 3 aromatic rings. The van der Waals surface area contributed by atoms with Crippen LogP contribution in [0.25, 0.3) is 17.0 Å². The molecular formula is C14H11ClN4O2. The van der Waals surface area contributed by atoms with E-state index in [1.807, 2.05) is 19.1 Å². The van der Waals surface area contributed by atoms with Crippen LogP contribution in [-0.2, 0) is 4.74 Å². The van der Waals surface area contributed by atoms with Crippen LogP contribution in [0.4, 0.5) is 0 Å². The van der Waals surface area contributed by atoms with Crippen molar-refractivity contribution in [3.05, 3.63) is 46.9 Å².